The second kappa shape index (κ2) is 4.84. The maximum Gasteiger partial charge on any atom is 0.117 e. The molecule has 3 rings (SSSR count). The molecule has 0 unspecified atom stereocenters. The molecule has 2 aromatic carbocycles. The van der Waals surface area contributed by atoms with Crippen molar-refractivity contribution in [2.45, 2.75) is 19.8 Å². The Morgan fingerprint density at radius 1 is 1.10 bits per heavy atom. The van der Waals surface area contributed by atoms with Crippen molar-refractivity contribution in [2.75, 3.05) is 5.73 Å². The Hall–Kier alpha value is -2.00. The van der Waals surface area contributed by atoms with Crippen LogP contribution in [0.1, 0.15) is 25.6 Å². The zero-order valence-corrected chi connectivity index (χ0v) is 12.2. The highest BCUT2D eigenvalue weighted by Gasteiger charge is 2.15. The Bertz CT molecular complexity index is 757. The van der Waals surface area contributed by atoms with Crippen molar-refractivity contribution >= 4 is 28.3 Å². The van der Waals surface area contributed by atoms with E-state index in [4.69, 9.17) is 22.3 Å². The standard InChI is InChI=1S/C16H16ClN3/c1-10(2)16-19-14-9-12(18)5-8-15(14)20(16)13-6-3-11(17)4-7-13/h3-10H,18H2,1-2H3. The van der Waals surface area contributed by atoms with Gasteiger partial charge in [0.2, 0.25) is 0 Å². The van der Waals surface area contributed by atoms with E-state index in [0.29, 0.717) is 5.92 Å². The number of hydrogen-bond donors (Lipinski definition) is 1. The number of aromatic nitrogens is 2. The Morgan fingerprint density at radius 3 is 2.45 bits per heavy atom. The summed E-state index contributed by atoms with van der Waals surface area (Å²) in [6.07, 6.45) is 0. The van der Waals surface area contributed by atoms with E-state index in [9.17, 15) is 0 Å². The van der Waals surface area contributed by atoms with Gasteiger partial charge >= 0.3 is 0 Å². The molecule has 0 aliphatic carbocycles. The normalized spacial score (nSPS) is 11.4. The first-order chi connectivity index (χ1) is 9.56. The third-order valence-electron chi connectivity index (χ3n) is 3.31. The zero-order chi connectivity index (χ0) is 14.3. The average Bonchev–Trinajstić information content (AvgIpc) is 2.78. The molecule has 0 saturated carbocycles. The first-order valence-corrected chi connectivity index (χ1v) is 6.98. The second-order valence-corrected chi connectivity index (χ2v) is 5.62. The highest BCUT2D eigenvalue weighted by atomic mass is 35.5. The molecule has 4 heteroatoms. The lowest BCUT2D eigenvalue weighted by atomic mass is 10.2. The molecule has 0 aliphatic rings. The number of imidazole rings is 1. The van der Waals surface area contributed by atoms with Gasteiger partial charge in [0, 0.05) is 22.3 Å². The summed E-state index contributed by atoms with van der Waals surface area (Å²) in [6.45, 7) is 4.27. The molecule has 0 spiro atoms. The van der Waals surface area contributed by atoms with E-state index >= 15 is 0 Å². The van der Waals surface area contributed by atoms with Gasteiger partial charge in [0.25, 0.3) is 0 Å². The minimum Gasteiger partial charge on any atom is -0.399 e. The van der Waals surface area contributed by atoms with Crippen molar-refractivity contribution in [2.24, 2.45) is 0 Å². The number of nitrogens with zero attached hydrogens (tertiary/aromatic N) is 2. The topological polar surface area (TPSA) is 43.8 Å². The molecule has 0 saturated heterocycles. The van der Waals surface area contributed by atoms with Gasteiger partial charge in [0.05, 0.1) is 11.0 Å². The predicted octanol–water partition coefficient (Wildman–Crippen LogP) is 4.38. The highest BCUT2D eigenvalue weighted by molar-refractivity contribution is 6.30. The number of rotatable bonds is 2. The van der Waals surface area contributed by atoms with Crippen LogP contribution in [0.15, 0.2) is 42.5 Å². The first kappa shape index (κ1) is 13.0. The summed E-state index contributed by atoms with van der Waals surface area (Å²) in [5.41, 5.74) is 9.62. The first-order valence-electron chi connectivity index (χ1n) is 6.60. The van der Waals surface area contributed by atoms with Crippen LogP contribution in [0.5, 0.6) is 0 Å². The van der Waals surface area contributed by atoms with Crippen LogP contribution in [-0.2, 0) is 0 Å². The van der Waals surface area contributed by atoms with Crippen LogP contribution >= 0.6 is 11.6 Å². The van der Waals surface area contributed by atoms with Gasteiger partial charge in [-0.3, -0.25) is 4.57 Å². The summed E-state index contributed by atoms with van der Waals surface area (Å²) in [6, 6.07) is 13.6. The number of halogens is 1. The summed E-state index contributed by atoms with van der Waals surface area (Å²) in [4.78, 5) is 4.72. The van der Waals surface area contributed by atoms with E-state index in [2.05, 4.69) is 18.4 Å². The number of anilines is 1. The van der Waals surface area contributed by atoms with Crippen LogP contribution in [0.4, 0.5) is 5.69 Å². The Kier molecular flexibility index (Phi) is 3.14. The Morgan fingerprint density at radius 2 is 1.80 bits per heavy atom. The molecule has 1 aromatic heterocycles. The minimum absolute atomic E-state index is 0.319. The highest BCUT2D eigenvalue weighted by Crippen LogP contribution is 2.27. The molecule has 0 bridgehead atoms. The second-order valence-electron chi connectivity index (χ2n) is 5.18. The molecule has 20 heavy (non-hydrogen) atoms. The zero-order valence-electron chi connectivity index (χ0n) is 11.5. The smallest absolute Gasteiger partial charge is 0.117 e. The summed E-state index contributed by atoms with van der Waals surface area (Å²) >= 11 is 5.97. The largest absolute Gasteiger partial charge is 0.399 e. The molecule has 102 valence electrons. The molecule has 2 N–H and O–H groups in total. The number of nitrogens with two attached hydrogens (primary N) is 1. The molecule has 1 heterocycles. The summed E-state index contributed by atoms with van der Waals surface area (Å²) in [5.74, 6) is 1.34. The molecular weight excluding hydrogens is 270 g/mol. The Labute approximate surface area is 123 Å². The molecule has 0 amide bonds. The van der Waals surface area contributed by atoms with Gasteiger partial charge in [-0.2, -0.15) is 0 Å². The molecule has 3 aromatic rings. The van der Waals surface area contributed by atoms with E-state index in [-0.39, 0.29) is 0 Å². The van der Waals surface area contributed by atoms with Gasteiger partial charge in [-0.05, 0) is 42.5 Å². The van der Waals surface area contributed by atoms with E-state index in [1.165, 1.54) is 0 Å². The summed E-state index contributed by atoms with van der Waals surface area (Å²) < 4.78 is 2.16. The minimum atomic E-state index is 0.319. The average molecular weight is 286 g/mol. The van der Waals surface area contributed by atoms with E-state index in [1.807, 2.05) is 42.5 Å². The van der Waals surface area contributed by atoms with Gasteiger partial charge in [0.1, 0.15) is 5.82 Å². The van der Waals surface area contributed by atoms with Crippen LogP contribution in [0.2, 0.25) is 5.02 Å². The molecule has 0 aliphatic heterocycles. The van der Waals surface area contributed by atoms with Gasteiger partial charge in [0.15, 0.2) is 0 Å². The molecule has 0 fully saturated rings. The maximum atomic E-state index is 5.97. The third kappa shape index (κ3) is 2.14. The van der Waals surface area contributed by atoms with Crippen LogP contribution < -0.4 is 5.73 Å². The lowest BCUT2D eigenvalue weighted by Gasteiger charge is -2.11. The van der Waals surface area contributed by atoms with Crippen LogP contribution in [0, 0.1) is 0 Å². The Balaban J connectivity index is 2.31. The predicted molar refractivity (Wildman–Crippen MR) is 84.6 cm³/mol. The fourth-order valence-electron chi connectivity index (χ4n) is 2.36. The third-order valence-corrected chi connectivity index (χ3v) is 3.56. The monoisotopic (exact) mass is 285 g/mol. The molecule has 3 nitrogen and oxygen atoms in total. The van der Waals surface area contributed by atoms with Crippen LogP contribution in [0.3, 0.4) is 0 Å². The molecule has 0 radical (unpaired) electrons. The van der Waals surface area contributed by atoms with Crippen molar-refractivity contribution in [3.63, 3.8) is 0 Å². The van der Waals surface area contributed by atoms with Crippen molar-refractivity contribution in [1.29, 1.82) is 0 Å². The van der Waals surface area contributed by atoms with Crippen molar-refractivity contribution in [3.05, 3.63) is 53.3 Å². The van der Waals surface area contributed by atoms with Crippen molar-refractivity contribution in [1.82, 2.24) is 9.55 Å². The van der Waals surface area contributed by atoms with E-state index in [0.717, 1.165) is 33.3 Å². The summed E-state index contributed by atoms with van der Waals surface area (Å²) in [7, 11) is 0. The molecular formula is C16H16ClN3. The molecule has 0 atom stereocenters. The maximum absolute atomic E-state index is 5.97. The lowest BCUT2D eigenvalue weighted by Crippen LogP contribution is -2.02. The van der Waals surface area contributed by atoms with Gasteiger partial charge in [-0.25, -0.2) is 4.98 Å². The van der Waals surface area contributed by atoms with E-state index < -0.39 is 0 Å². The van der Waals surface area contributed by atoms with Gasteiger partial charge in [-0.15, -0.1) is 0 Å². The van der Waals surface area contributed by atoms with Gasteiger partial charge < -0.3 is 5.73 Å². The number of fused-ring (bicyclic) bond motifs is 1. The van der Waals surface area contributed by atoms with Gasteiger partial charge in [-0.1, -0.05) is 25.4 Å². The quantitative estimate of drug-likeness (QED) is 0.710. The van der Waals surface area contributed by atoms with Crippen molar-refractivity contribution < 1.29 is 0 Å². The van der Waals surface area contributed by atoms with Crippen LogP contribution in [0.25, 0.3) is 16.7 Å². The summed E-state index contributed by atoms with van der Waals surface area (Å²) in [5, 5.41) is 0.730. The fraction of sp³-hybridized carbons (Fsp3) is 0.188. The van der Waals surface area contributed by atoms with Crippen molar-refractivity contribution in [3.8, 4) is 5.69 Å². The SMILES string of the molecule is CC(C)c1nc2cc(N)ccc2n1-c1ccc(Cl)cc1. The lowest BCUT2D eigenvalue weighted by molar-refractivity contribution is 0.760. The number of hydrogen-bond acceptors (Lipinski definition) is 2. The van der Waals surface area contributed by atoms with E-state index in [1.54, 1.807) is 0 Å². The number of benzene rings is 2. The fourth-order valence-corrected chi connectivity index (χ4v) is 2.49. The van der Waals surface area contributed by atoms with Crippen LogP contribution in [-0.4, -0.2) is 9.55 Å². The number of nitrogen functional groups attached to an aromatic ring is 1.